The fraction of sp³-hybridized carbons (Fsp3) is 0.611. The molecule has 23 heavy (non-hydrogen) atoms. The van der Waals surface area contributed by atoms with Gasteiger partial charge in [0.05, 0.1) is 0 Å². The Labute approximate surface area is 137 Å². The zero-order valence-corrected chi connectivity index (χ0v) is 13.8. The number of rotatable bonds is 4. The third kappa shape index (κ3) is 3.83. The molecule has 0 aromatic heterocycles. The quantitative estimate of drug-likeness (QED) is 0.926. The van der Waals surface area contributed by atoms with Gasteiger partial charge in [0.1, 0.15) is 5.82 Å². The molecule has 2 amide bonds. The molecule has 126 valence electrons. The fourth-order valence-electron chi connectivity index (χ4n) is 3.83. The zero-order valence-electron chi connectivity index (χ0n) is 13.8. The lowest BCUT2D eigenvalue weighted by molar-refractivity contribution is 0.132. The summed E-state index contributed by atoms with van der Waals surface area (Å²) in [6, 6.07) is 7.01. The van der Waals surface area contributed by atoms with Crippen LogP contribution in [0.2, 0.25) is 0 Å². The molecule has 0 spiro atoms. The maximum Gasteiger partial charge on any atom is 0.317 e. The van der Waals surface area contributed by atoms with E-state index in [0.29, 0.717) is 17.5 Å². The number of nitrogens with one attached hydrogen (secondary N) is 1. The summed E-state index contributed by atoms with van der Waals surface area (Å²) in [5, 5.41) is 2.88. The molecule has 5 heteroatoms. The number of piperidine rings is 1. The number of carbonyl (C=O) groups excluding carboxylic acids is 1. The summed E-state index contributed by atoms with van der Waals surface area (Å²) in [6.45, 7) is 6.29. The highest BCUT2D eigenvalue weighted by atomic mass is 19.1. The average molecular weight is 319 g/mol. The summed E-state index contributed by atoms with van der Waals surface area (Å²) in [5.74, 6) is 0.303. The molecule has 0 saturated carbocycles. The molecule has 3 fully saturated rings. The van der Waals surface area contributed by atoms with Crippen LogP contribution < -0.4 is 5.32 Å². The number of amides is 2. The Hall–Kier alpha value is -1.62. The number of urea groups is 1. The van der Waals surface area contributed by atoms with Crippen LogP contribution in [0.5, 0.6) is 0 Å². The third-order valence-corrected chi connectivity index (χ3v) is 5.01. The lowest BCUT2D eigenvalue weighted by Crippen LogP contribution is -2.46. The van der Waals surface area contributed by atoms with Gasteiger partial charge in [0.15, 0.2) is 0 Å². The first-order chi connectivity index (χ1) is 11.2. The minimum absolute atomic E-state index is 0.0662. The van der Waals surface area contributed by atoms with Crippen molar-refractivity contribution in [3.8, 4) is 0 Å². The van der Waals surface area contributed by atoms with Crippen molar-refractivity contribution in [1.82, 2.24) is 15.1 Å². The normalized spacial score (nSPS) is 24.5. The van der Waals surface area contributed by atoms with E-state index >= 15 is 0 Å². The average Bonchev–Trinajstić information content (AvgIpc) is 2.86. The highest BCUT2D eigenvalue weighted by molar-refractivity contribution is 5.74. The molecule has 3 aliphatic rings. The van der Waals surface area contributed by atoms with Crippen LogP contribution in [-0.2, 0) is 6.54 Å². The maximum absolute atomic E-state index is 13.6. The van der Waals surface area contributed by atoms with Crippen LogP contribution >= 0.6 is 0 Å². The molecule has 2 bridgehead atoms. The van der Waals surface area contributed by atoms with E-state index in [-0.39, 0.29) is 18.4 Å². The molecular weight excluding hydrogens is 293 g/mol. The highest BCUT2D eigenvalue weighted by Gasteiger charge is 2.35. The van der Waals surface area contributed by atoms with Crippen LogP contribution in [0.3, 0.4) is 0 Å². The van der Waals surface area contributed by atoms with Crippen LogP contribution in [0, 0.1) is 11.7 Å². The van der Waals surface area contributed by atoms with Gasteiger partial charge >= 0.3 is 6.03 Å². The monoisotopic (exact) mass is 319 g/mol. The summed E-state index contributed by atoms with van der Waals surface area (Å²) in [5.41, 5.74) is 0.534. The first-order valence-corrected chi connectivity index (χ1v) is 8.67. The minimum atomic E-state index is -0.266. The molecule has 3 aliphatic heterocycles. The van der Waals surface area contributed by atoms with Crippen LogP contribution in [0.1, 0.15) is 31.7 Å². The molecule has 4 rings (SSSR count). The summed E-state index contributed by atoms with van der Waals surface area (Å²) >= 11 is 0. The Morgan fingerprint density at radius 2 is 2.09 bits per heavy atom. The molecule has 4 nitrogen and oxygen atoms in total. The smallest absolute Gasteiger partial charge is 0.317 e. The minimum Gasteiger partial charge on any atom is -0.334 e. The van der Waals surface area contributed by atoms with Gasteiger partial charge in [-0.1, -0.05) is 25.1 Å². The van der Waals surface area contributed by atoms with Gasteiger partial charge in [-0.3, -0.25) is 4.90 Å². The van der Waals surface area contributed by atoms with Crippen molar-refractivity contribution in [2.24, 2.45) is 5.92 Å². The van der Waals surface area contributed by atoms with E-state index in [0.717, 1.165) is 32.6 Å². The van der Waals surface area contributed by atoms with E-state index in [2.05, 4.69) is 17.1 Å². The van der Waals surface area contributed by atoms with Gasteiger partial charge in [0, 0.05) is 37.8 Å². The lowest BCUT2D eigenvalue weighted by atomic mass is 9.95. The van der Waals surface area contributed by atoms with Crippen molar-refractivity contribution in [1.29, 1.82) is 0 Å². The van der Waals surface area contributed by atoms with Crippen LogP contribution in [0.4, 0.5) is 9.18 Å². The Bertz CT molecular complexity index is 551. The number of halogens is 1. The standard InChI is InChI=1S/C18H26FN3O/c1-2-9-21-11-14-7-8-16(21)13-22(12-14)18(23)20-10-15-5-3-4-6-17(15)19/h3-6,14,16H,2,7-13H2,1H3,(H,20,23)/t14-,16-/m1/s1. The number of hydrogen-bond acceptors (Lipinski definition) is 2. The first-order valence-electron chi connectivity index (χ1n) is 8.67. The zero-order chi connectivity index (χ0) is 16.2. The van der Waals surface area contributed by atoms with E-state index in [4.69, 9.17) is 0 Å². The summed E-state index contributed by atoms with van der Waals surface area (Å²) < 4.78 is 13.6. The molecule has 0 aliphatic carbocycles. The van der Waals surface area contributed by atoms with E-state index in [1.807, 2.05) is 4.90 Å². The molecule has 3 saturated heterocycles. The fourth-order valence-corrected chi connectivity index (χ4v) is 3.83. The predicted octanol–water partition coefficient (Wildman–Crippen LogP) is 2.84. The maximum atomic E-state index is 13.6. The molecule has 0 unspecified atom stereocenters. The van der Waals surface area contributed by atoms with Crippen molar-refractivity contribution in [2.45, 2.75) is 38.8 Å². The predicted molar refractivity (Wildman–Crippen MR) is 88.6 cm³/mol. The highest BCUT2D eigenvalue weighted by Crippen LogP contribution is 2.28. The Balaban J connectivity index is 1.59. The van der Waals surface area contributed by atoms with Crippen molar-refractivity contribution >= 4 is 6.03 Å². The molecule has 1 N–H and O–H groups in total. The summed E-state index contributed by atoms with van der Waals surface area (Å²) in [4.78, 5) is 17.0. The van der Waals surface area contributed by atoms with E-state index in [1.54, 1.807) is 18.2 Å². The summed E-state index contributed by atoms with van der Waals surface area (Å²) in [7, 11) is 0. The van der Waals surface area contributed by atoms with Gasteiger partial charge in [-0.05, 0) is 37.8 Å². The second-order valence-electron chi connectivity index (χ2n) is 6.75. The van der Waals surface area contributed by atoms with Crippen molar-refractivity contribution in [3.05, 3.63) is 35.6 Å². The number of hydrogen-bond donors (Lipinski definition) is 1. The van der Waals surface area contributed by atoms with E-state index in [1.165, 1.54) is 18.9 Å². The van der Waals surface area contributed by atoms with Crippen molar-refractivity contribution in [3.63, 3.8) is 0 Å². The molecule has 1 aromatic carbocycles. The Morgan fingerprint density at radius 1 is 1.26 bits per heavy atom. The van der Waals surface area contributed by atoms with Gasteiger partial charge in [-0.15, -0.1) is 0 Å². The number of nitrogens with zero attached hydrogens (tertiary/aromatic N) is 2. The van der Waals surface area contributed by atoms with Crippen LogP contribution in [0.25, 0.3) is 0 Å². The second-order valence-corrected chi connectivity index (χ2v) is 6.75. The van der Waals surface area contributed by atoms with Crippen LogP contribution in [0.15, 0.2) is 24.3 Å². The second kappa shape index (κ2) is 7.30. The molecule has 0 radical (unpaired) electrons. The van der Waals surface area contributed by atoms with Gasteiger partial charge in [-0.2, -0.15) is 0 Å². The van der Waals surface area contributed by atoms with Crippen LogP contribution in [-0.4, -0.2) is 48.1 Å². The van der Waals surface area contributed by atoms with E-state index < -0.39 is 0 Å². The van der Waals surface area contributed by atoms with E-state index in [9.17, 15) is 9.18 Å². The Morgan fingerprint density at radius 3 is 2.87 bits per heavy atom. The molecular formula is C18H26FN3O. The van der Waals surface area contributed by atoms with Crippen molar-refractivity contribution < 1.29 is 9.18 Å². The number of benzene rings is 1. The molecule has 1 aromatic rings. The SMILES string of the molecule is CCCN1C[C@H]2CC[C@@H]1CN(C(=O)NCc1ccccc1F)C2. The first kappa shape index (κ1) is 16.2. The molecule has 2 atom stereocenters. The van der Waals surface area contributed by atoms with Gasteiger partial charge < -0.3 is 10.2 Å². The Kier molecular flexibility index (Phi) is 5.16. The van der Waals surface area contributed by atoms with Gasteiger partial charge in [-0.25, -0.2) is 9.18 Å². The topological polar surface area (TPSA) is 35.6 Å². The lowest BCUT2D eigenvalue weighted by Gasteiger charge is -2.35. The summed E-state index contributed by atoms with van der Waals surface area (Å²) in [6.07, 6.45) is 3.55. The number of fused-ring (bicyclic) bond motifs is 4. The van der Waals surface area contributed by atoms with Gasteiger partial charge in [0.25, 0.3) is 0 Å². The third-order valence-electron chi connectivity index (χ3n) is 5.01. The molecule has 3 heterocycles. The largest absolute Gasteiger partial charge is 0.334 e. The van der Waals surface area contributed by atoms with Crippen molar-refractivity contribution in [2.75, 3.05) is 26.2 Å². The van der Waals surface area contributed by atoms with Gasteiger partial charge in [0.2, 0.25) is 0 Å². The number of carbonyl (C=O) groups is 1.